The lowest BCUT2D eigenvalue weighted by atomic mass is 9.99. The van der Waals surface area contributed by atoms with E-state index in [4.69, 9.17) is 14.5 Å². The maximum absolute atomic E-state index is 12.1. The van der Waals surface area contributed by atoms with Crippen LogP contribution in [0.4, 0.5) is 0 Å². The number of methoxy groups -OCH3 is 1. The SMILES string of the molecule is COOCCC1(CS[C@H](CCc2ccccc2C(=O)OC)c2cccc(Br)c2)CC1. The molecule has 30 heavy (non-hydrogen) atoms. The Morgan fingerprint density at radius 2 is 1.97 bits per heavy atom. The Hall–Kier alpha value is -1.34. The highest BCUT2D eigenvalue weighted by Gasteiger charge is 2.42. The second-order valence-corrected chi connectivity index (χ2v) is 9.89. The van der Waals surface area contributed by atoms with Crippen LogP contribution in [-0.2, 0) is 20.9 Å². The Bertz CT molecular complexity index is 837. The van der Waals surface area contributed by atoms with Crippen molar-refractivity contribution in [2.24, 2.45) is 5.41 Å². The van der Waals surface area contributed by atoms with E-state index < -0.39 is 0 Å². The Kier molecular flexibility index (Phi) is 8.81. The summed E-state index contributed by atoms with van der Waals surface area (Å²) in [5.41, 5.74) is 3.39. The molecular weight excluding hydrogens is 464 g/mol. The van der Waals surface area contributed by atoms with Crippen molar-refractivity contribution in [1.82, 2.24) is 0 Å². The molecule has 162 valence electrons. The molecule has 1 atom stereocenters. The summed E-state index contributed by atoms with van der Waals surface area (Å²) in [6, 6.07) is 16.3. The van der Waals surface area contributed by atoms with E-state index >= 15 is 0 Å². The van der Waals surface area contributed by atoms with Gasteiger partial charge in [0.1, 0.15) is 0 Å². The minimum atomic E-state index is -0.271. The van der Waals surface area contributed by atoms with Crippen LogP contribution in [-0.4, -0.2) is 32.5 Å². The van der Waals surface area contributed by atoms with E-state index in [0.29, 0.717) is 22.8 Å². The number of ether oxygens (including phenoxy) is 1. The number of hydrogen-bond donors (Lipinski definition) is 0. The van der Waals surface area contributed by atoms with Crippen LogP contribution >= 0.6 is 27.7 Å². The molecule has 4 nitrogen and oxygen atoms in total. The Morgan fingerprint density at radius 3 is 2.67 bits per heavy atom. The second-order valence-electron chi connectivity index (χ2n) is 7.78. The highest BCUT2D eigenvalue weighted by molar-refractivity contribution is 9.10. The van der Waals surface area contributed by atoms with Crippen LogP contribution in [0, 0.1) is 5.41 Å². The number of carbonyl (C=O) groups is 1. The molecule has 0 aromatic heterocycles. The normalized spacial score (nSPS) is 15.6. The van der Waals surface area contributed by atoms with Crippen molar-refractivity contribution >= 4 is 33.7 Å². The Morgan fingerprint density at radius 1 is 1.17 bits per heavy atom. The summed E-state index contributed by atoms with van der Waals surface area (Å²) >= 11 is 5.63. The number of benzene rings is 2. The van der Waals surface area contributed by atoms with Crippen molar-refractivity contribution in [1.29, 1.82) is 0 Å². The molecule has 0 heterocycles. The van der Waals surface area contributed by atoms with Crippen molar-refractivity contribution in [3.05, 3.63) is 69.7 Å². The number of esters is 1. The first-order chi connectivity index (χ1) is 14.6. The number of halogens is 1. The Balaban J connectivity index is 1.69. The van der Waals surface area contributed by atoms with E-state index in [9.17, 15) is 4.79 Å². The molecule has 1 saturated carbocycles. The first-order valence-corrected chi connectivity index (χ1v) is 12.1. The monoisotopic (exact) mass is 492 g/mol. The zero-order valence-electron chi connectivity index (χ0n) is 17.6. The lowest BCUT2D eigenvalue weighted by Crippen LogP contribution is -2.11. The molecule has 0 spiro atoms. The molecule has 1 aliphatic carbocycles. The van der Waals surface area contributed by atoms with Gasteiger partial charge in [0.25, 0.3) is 0 Å². The molecule has 1 aliphatic rings. The number of thioether (sulfide) groups is 1. The smallest absolute Gasteiger partial charge is 0.338 e. The fraction of sp³-hybridized carbons (Fsp3) is 0.458. The summed E-state index contributed by atoms with van der Waals surface area (Å²) in [5.74, 6) is 0.836. The molecule has 0 bridgehead atoms. The molecule has 2 aromatic rings. The van der Waals surface area contributed by atoms with Gasteiger partial charge in [0.05, 0.1) is 26.4 Å². The molecular formula is C24H29BrO4S. The number of rotatable bonds is 12. The Labute approximate surface area is 191 Å². The van der Waals surface area contributed by atoms with Gasteiger partial charge < -0.3 is 4.74 Å². The first-order valence-electron chi connectivity index (χ1n) is 10.3. The quantitative estimate of drug-likeness (QED) is 0.148. The largest absolute Gasteiger partial charge is 0.465 e. The van der Waals surface area contributed by atoms with Crippen LogP contribution in [0.1, 0.15) is 52.4 Å². The summed E-state index contributed by atoms with van der Waals surface area (Å²) in [5, 5.41) is 0.356. The van der Waals surface area contributed by atoms with E-state index in [1.807, 2.05) is 36.0 Å². The van der Waals surface area contributed by atoms with Crippen LogP contribution in [0.3, 0.4) is 0 Å². The van der Waals surface area contributed by atoms with Crippen molar-refractivity contribution in [2.75, 3.05) is 26.6 Å². The molecule has 3 rings (SSSR count). The molecule has 0 amide bonds. The van der Waals surface area contributed by atoms with Gasteiger partial charge in [-0.1, -0.05) is 46.3 Å². The van der Waals surface area contributed by atoms with Crippen LogP contribution in [0.5, 0.6) is 0 Å². The fourth-order valence-corrected chi connectivity index (χ4v) is 5.68. The zero-order chi connectivity index (χ0) is 21.4. The van der Waals surface area contributed by atoms with E-state index in [1.54, 1.807) is 7.11 Å². The van der Waals surface area contributed by atoms with E-state index in [-0.39, 0.29) is 5.97 Å². The van der Waals surface area contributed by atoms with Crippen LogP contribution in [0.2, 0.25) is 0 Å². The third-order valence-corrected chi connectivity index (χ3v) is 7.88. The van der Waals surface area contributed by atoms with Gasteiger partial charge in [0.2, 0.25) is 0 Å². The summed E-state index contributed by atoms with van der Waals surface area (Å²) in [6.07, 6.45) is 5.33. The fourth-order valence-electron chi connectivity index (χ4n) is 3.65. The summed E-state index contributed by atoms with van der Waals surface area (Å²) in [7, 11) is 2.99. The molecule has 0 unspecified atom stereocenters. The van der Waals surface area contributed by atoms with Crippen LogP contribution in [0.15, 0.2) is 53.0 Å². The molecule has 2 aromatic carbocycles. The van der Waals surface area contributed by atoms with Crippen LogP contribution in [0.25, 0.3) is 0 Å². The average molecular weight is 493 g/mol. The van der Waals surface area contributed by atoms with Gasteiger partial charge in [-0.25, -0.2) is 14.6 Å². The maximum atomic E-state index is 12.1. The average Bonchev–Trinajstić information content (AvgIpc) is 3.53. The minimum absolute atomic E-state index is 0.271. The van der Waals surface area contributed by atoms with Gasteiger partial charge in [-0.15, -0.1) is 0 Å². The topological polar surface area (TPSA) is 44.8 Å². The predicted octanol–water partition coefficient (Wildman–Crippen LogP) is 6.39. The summed E-state index contributed by atoms with van der Waals surface area (Å²) in [4.78, 5) is 22.0. The summed E-state index contributed by atoms with van der Waals surface area (Å²) in [6.45, 7) is 0.644. The molecule has 0 aliphatic heterocycles. The summed E-state index contributed by atoms with van der Waals surface area (Å²) < 4.78 is 6.05. The van der Waals surface area contributed by atoms with Gasteiger partial charge in [-0.05, 0) is 72.6 Å². The highest BCUT2D eigenvalue weighted by Crippen LogP contribution is 2.53. The predicted molar refractivity (Wildman–Crippen MR) is 125 cm³/mol. The molecule has 0 saturated heterocycles. The van der Waals surface area contributed by atoms with Crippen molar-refractivity contribution < 1.29 is 19.3 Å². The number of hydrogen-bond acceptors (Lipinski definition) is 5. The first kappa shape index (κ1) is 23.3. The van der Waals surface area contributed by atoms with E-state index in [2.05, 4.69) is 40.2 Å². The van der Waals surface area contributed by atoms with Gasteiger partial charge in [-0.3, -0.25) is 0 Å². The molecule has 0 N–H and O–H groups in total. The second kappa shape index (κ2) is 11.3. The van der Waals surface area contributed by atoms with Crippen molar-refractivity contribution in [2.45, 2.75) is 37.4 Å². The standard InChI is InChI=1S/C24H29BrO4S/c1-27-23(26)21-9-4-3-6-18(21)10-11-22(19-7-5-8-20(25)16-19)30-17-24(12-13-24)14-15-29-28-2/h3-9,16,22H,10-15,17H2,1-2H3/t22-/m1/s1. The lowest BCUT2D eigenvalue weighted by molar-refractivity contribution is -0.274. The molecule has 0 radical (unpaired) electrons. The number of carbonyl (C=O) groups excluding carboxylic acids is 1. The third-order valence-electron chi connectivity index (χ3n) is 5.70. The minimum Gasteiger partial charge on any atom is -0.465 e. The van der Waals surface area contributed by atoms with Crippen molar-refractivity contribution in [3.8, 4) is 0 Å². The van der Waals surface area contributed by atoms with Gasteiger partial charge >= 0.3 is 5.97 Å². The number of aryl methyl sites for hydroxylation is 1. The molecule has 6 heteroatoms. The zero-order valence-corrected chi connectivity index (χ0v) is 20.0. The lowest BCUT2D eigenvalue weighted by Gasteiger charge is -2.22. The third kappa shape index (κ3) is 6.58. The van der Waals surface area contributed by atoms with E-state index in [1.165, 1.54) is 25.5 Å². The van der Waals surface area contributed by atoms with Crippen molar-refractivity contribution in [3.63, 3.8) is 0 Å². The molecule has 1 fully saturated rings. The van der Waals surface area contributed by atoms with Gasteiger partial charge in [0, 0.05) is 9.72 Å². The van der Waals surface area contributed by atoms with Gasteiger partial charge in [0.15, 0.2) is 0 Å². The van der Waals surface area contributed by atoms with Crippen LogP contribution < -0.4 is 0 Å². The van der Waals surface area contributed by atoms with E-state index in [0.717, 1.165) is 35.1 Å². The maximum Gasteiger partial charge on any atom is 0.338 e. The highest BCUT2D eigenvalue weighted by atomic mass is 79.9. The van der Waals surface area contributed by atoms with Gasteiger partial charge in [-0.2, -0.15) is 11.8 Å².